The molecule has 2 amide bonds. The molecular weight excluding hydrogens is 510 g/mol. The molecule has 0 saturated carbocycles. The summed E-state index contributed by atoms with van der Waals surface area (Å²) in [5.74, 6) is -0.705. The van der Waals surface area contributed by atoms with Crippen molar-refractivity contribution in [3.63, 3.8) is 0 Å². The molecule has 3 aromatic carbocycles. The number of aryl methyl sites for hydroxylation is 2. The summed E-state index contributed by atoms with van der Waals surface area (Å²) >= 11 is 0. The van der Waals surface area contributed by atoms with Gasteiger partial charge in [-0.05, 0) is 69.0 Å². The molecule has 0 aromatic heterocycles. The minimum absolute atomic E-state index is 0.0508. The first-order chi connectivity index (χ1) is 18.6. The van der Waals surface area contributed by atoms with E-state index < -0.39 is 28.5 Å². The third kappa shape index (κ3) is 7.69. The Bertz CT molecular complexity index is 1360. The van der Waals surface area contributed by atoms with Gasteiger partial charge in [0.25, 0.3) is 10.0 Å². The molecule has 7 nitrogen and oxygen atoms in total. The normalized spacial score (nSPS) is 12.8. The highest BCUT2D eigenvalue weighted by Gasteiger charge is 2.34. The van der Waals surface area contributed by atoms with Crippen molar-refractivity contribution in [3.8, 4) is 0 Å². The summed E-state index contributed by atoms with van der Waals surface area (Å²) in [6.45, 7) is 9.34. The van der Waals surface area contributed by atoms with E-state index >= 15 is 0 Å². The van der Waals surface area contributed by atoms with Crippen LogP contribution in [-0.4, -0.2) is 43.8 Å². The fourth-order valence-corrected chi connectivity index (χ4v) is 5.71. The van der Waals surface area contributed by atoms with E-state index in [0.717, 1.165) is 27.4 Å². The summed E-state index contributed by atoms with van der Waals surface area (Å²) in [5, 5.41) is 2.99. The standard InChI is InChI=1S/C31H39N3O4S/c1-6-25(5)32-31(36)29(7-2)33(21-26-18-16-23(3)17-19-26)30(35)22-34(27-13-11-12-24(4)20-27)39(37,38)28-14-9-8-10-15-28/h8-20,25,29H,6-7,21-22H2,1-5H3,(H,32,36)/t25-,29+/m1/s1. The van der Waals surface area contributed by atoms with Crippen LogP contribution in [0.1, 0.15) is 50.3 Å². The van der Waals surface area contributed by atoms with Gasteiger partial charge in [0, 0.05) is 12.6 Å². The SMILES string of the molecule is CC[C@@H](C)NC(=O)[C@H](CC)N(Cc1ccc(C)cc1)C(=O)CN(c1cccc(C)c1)S(=O)(=O)c1ccccc1. The van der Waals surface area contributed by atoms with E-state index in [2.05, 4.69) is 5.32 Å². The smallest absolute Gasteiger partial charge is 0.264 e. The lowest BCUT2D eigenvalue weighted by atomic mass is 10.1. The summed E-state index contributed by atoms with van der Waals surface area (Å²) in [5.41, 5.74) is 3.19. The summed E-state index contributed by atoms with van der Waals surface area (Å²) in [4.78, 5) is 29.0. The van der Waals surface area contributed by atoms with Crippen molar-refractivity contribution in [2.75, 3.05) is 10.8 Å². The summed E-state index contributed by atoms with van der Waals surface area (Å²) in [7, 11) is -4.07. The highest BCUT2D eigenvalue weighted by Crippen LogP contribution is 2.25. The number of carbonyl (C=O) groups is 2. The lowest BCUT2D eigenvalue weighted by molar-refractivity contribution is -0.140. The second-order valence-corrected chi connectivity index (χ2v) is 11.8. The maximum Gasteiger partial charge on any atom is 0.264 e. The van der Waals surface area contributed by atoms with Crippen LogP contribution >= 0.6 is 0 Å². The predicted octanol–water partition coefficient (Wildman–Crippen LogP) is 5.22. The quantitative estimate of drug-likeness (QED) is 0.336. The maximum absolute atomic E-state index is 14.1. The Balaban J connectivity index is 2.04. The molecule has 8 heteroatoms. The van der Waals surface area contributed by atoms with Gasteiger partial charge in [-0.15, -0.1) is 0 Å². The fourth-order valence-electron chi connectivity index (χ4n) is 4.28. The first-order valence-electron chi connectivity index (χ1n) is 13.4. The van der Waals surface area contributed by atoms with Gasteiger partial charge >= 0.3 is 0 Å². The van der Waals surface area contributed by atoms with Crippen LogP contribution in [0.3, 0.4) is 0 Å². The van der Waals surface area contributed by atoms with Crippen molar-refractivity contribution in [3.05, 3.63) is 95.6 Å². The molecular formula is C31H39N3O4S. The Kier molecular flexibility index (Phi) is 10.3. The van der Waals surface area contributed by atoms with E-state index in [1.165, 1.54) is 17.0 Å². The highest BCUT2D eigenvalue weighted by molar-refractivity contribution is 7.92. The van der Waals surface area contributed by atoms with Crippen molar-refractivity contribution in [2.45, 2.75) is 71.0 Å². The average Bonchev–Trinajstić information content (AvgIpc) is 2.92. The maximum atomic E-state index is 14.1. The molecule has 1 N–H and O–H groups in total. The Hall–Kier alpha value is -3.65. The summed E-state index contributed by atoms with van der Waals surface area (Å²) in [6.07, 6.45) is 1.14. The minimum Gasteiger partial charge on any atom is -0.352 e. The van der Waals surface area contributed by atoms with Crippen LogP contribution < -0.4 is 9.62 Å². The van der Waals surface area contributed by atoms with Crippen LogP contribution in [0.4, 0.5) is 5.69 Å². The number of nitrogens with one attached hydrogen (secondary N) is 1. The Morgan fingerprint density at radius 1 is 0.846 bits per heavy atom. The zero-order valence-electron chi connectivity index (χ0n) is 23.4. The zero-order valence-corrected chi connectivity index (χ0v) is 24.2. The van der Waals surface area contributed by atoms with Crippen LogP contribution in [0.5, 0.6) is 0 Å². The zero-order chi connectivity index (χ0) is 28.6. The Labute approximate surface area is 232 Å². The number of carbonyl (C=O) groups excluding carboxylic acids is 2. The average molecular weight is 550 g/mol. The predicted molar refractivity (Wildman–Crippen MR) is 156 cm³/mol. The van der Waals surface area contributed by atoms with Gasteiger partial charge in [-0.1, -0.05) is 74.0 Å². The molecule has 0 saturated heterocycles. The number of nitrogens with zero attached hydrogens (tertiary/aromatic N) is 2. The number of sulfonamides is 1. The molecule has 0 aliphatic rings. The van der Waals surface area contributed by atoms with Crippen LogP contribution in [0.25, 0.3) is 0 Å². The summed E-state index contributed by atoms with van der Waals surface area (Å²) < 4.78 is 28.8. The van der Waals surface area contributed by atoms with Gasteiger partial charge in [0.05, 0.1) is 10.6 Å². The number of anilines is 1. The lowest BCUT2D eigenvalue weighted by Gasteiger charge is -2.33. The van der Waals surface area contributed by atoms with Crippen molar-refractivity contribution in [1.29, 1.82) is 0 Å². The molecule has 0 heterocycles. The monoisotopic (exact) mass is 549 g/mol. The Morgan fingerprint density at radius 2 is 1.51 bits per heavy atom. The largest absolute Gasteiger partial charge is 0.352 e. The number of benzene rings is 3. The van der Waals surface area contributed by atoms with E-state index in [1.807, 2.05) is 65.0 Å². The molecule has 0 aliphatic carbocycles. The summed E-state index contributed by atoms with van der Waals surface area (Å²) in [6, 6.07) is 22.1. The van der Waals surface area contributed by atoms with Gasteiger partial charge in [-0.3, -0.25) is 13.9 Å². The first-order valence-corrected chi connectivity index (χ1v) is 14.8. The van der Waals surface area contributed by atoms with E-state index in [0.29, 0.717) is 12.1 Å². The van der Waals surface area contributed by atoms with Crippen molar-refractivity contribution in [2.24, 2.45) is 0 Å². The molecule has 0 radical (unpaired) electrons. The number of rotatable bonds is 12. The molecule has 0 fully saturated rings. The van der Waals surface area contributed by atoms with Crippen molar-refractivity contribution < 1.29 is 18.0 Å². The molecule has 0 spiro atoms. The minimum atomic E-state index is -4.07. The second kappa shape index (κ2) is 13.4. The first kappa shape index (κ1) is 29.9. The topological polar surface area (TPSA) is 86.8 Å². The number of hydrogen-bond donors (Lipinski definition) is 1. The third-order valence-corrected chi connectivity index (χ3v) is 8.55. The van der Waals surface area contributed by atoms with Crippen LogP contribution in [0.15, 0.2) is 83.8 Å². The third-order valence-electron chi connectivity index (χ3n) is 6.76. The van der Waals surface area contributed by atoms with E-state index in [-0.39, 0.29) is 23.4 Å². The lowest BCUT2D eigenvalue weighted by Crippen LogP contribution is -2.53. The molecule has 208 valence electrons. The molecule has 0 unspecified atom stereocenters. The van der Waals surface area contributed by atoms with Crippen LogP contribution in [0.2, 0.25) is 0 Å². The molecule has 0 aliphatic heterocycles. The van der Waals surface area contributed by atoms with E-state index in [1.54, 1.807) is 36.4 Å². The van der Waals surface area contributed by atoms with Gasteiger partial charge in [-0.2, -0.15) is 0 Å². The molecule has 3 aromatic rings. The molecule has 0 bridgehead atoms. The van der Waals surface area contributed by atoms with E-state index in [9.17, 15) is 18.0 Å². The van der Waals surface area contributed by atoms with Gasteiger partial charge < -0.3 is 10.2 Å². The molecule has 3 rings (SSSR count). The molecule has 39 heavy (non-hydrogen) atoms. The van der Waals surface area contributed by atoms with Gasteiger partial charge in [0.2, 0.25) is 11.8 Å². The van der Waals surface area contributed by atoms with E-state index in [4.69, 9.17) is 0 Å². The second-order valence-electron chi connectivity index (χ2n) is 9.91. The van der Waals surface area contributed by atoms with Gasteiger partial charge in [0.1, 0.15) is 12.6 Å². The van der Waals surface area contributed by atoms with Crippen LogP contribution in [0, 0.1) is 13.8 Å². The van der Waals surface area contributed by atoms with Crippen LogP contribution in [-0.2, 0) is 26.2 Å². The number of amides is 2. The van der Waals surface area contributed by atoms with Crippen molar-refractivity contribution in [1.82, 2.24) is 10.2 Å². The number of hydrogen-bond acceptors (Lipinski definition) is 4. The van der Waals surface area contributed by atoms with Crippen molar-refractivity contribution >= 4 is 27.5 Å². The molecule has 2 atom stereocenters. The van der Waals surface area contributed by atoms with Gasteiger partial charge in [-0.25, -0.2) is 8.42 Å². The van der Waals surface area contributed by atoms with Gasteiger partial charge in [0.15, 0.2) is 0 Å². The Morgan fingerprint density at radius 3 is 2.10 bits per heavy atom. The fraction of sp³-hybridized carbons (Fsp3) is 0.355. The highest BCUT2D eigenvalue weighted by atomic mass is 32.2.